The molecule has 4 nitrogen and oxygen atoms in total. The number of anilines is 1. The molecule has 0 aliphatic rings. The molecule has 0 fully saturated rings. The molecule has 0 bridgehead atoms. The van der Waals surface area contributed by atoms with Crippen LogP contribution in [-0.2, 0) is 0 Å². The van der Waals surface area contributed by atoms with Crippen molar-refractivity contribution in [2.24, 2.45) is 0 Å². The van der Waals surface area contributed by atoms with Gasteiger partial charge in [0, 0.05) is 11.8 Å². The van der Waals surface area contributed by atoms with Crippen LogP contribution in [0.4, 0.5) is 14.5 Å². The minimum Gasteiger partial charge on any atom is -0.506 e. The second kappa shape index (κ2) is 6.16. The normalized spacial score (nSPS) is 11.2. The van der Waals surface area contributed by atoms with E-state index in [9.17, 15) is 18.7 Å². The Bertz CT molecular complexity index is 938. The van der Waals surface area contributed by atoms with E-state index >= 15 is 0 Å². The summed E-state index contributed by atoms with van der Waals surface area (Å²) >= 11 is 1.02. The van der Waals surface area contributed by atoms with Crippen molar-refractivity contribution in [1.29, 1.82) is 0 Å². The lowest BCUT2D eigenvalue weighted by molar-refractivity contribution is 0.102. The number of carbonyl (C=O) groups is 1. The maximum atomic E-state index is 13.6. The van der Waals surface area contributed by atoms with E-state index in [0.29, 0.717) is 16.3 Å². The number of carbonyl (C=O) groups excluding carboxylic acids is 1. The summed E-state index contributed by atoms with van der Waals surface area (Å²) in [5.41, 5.74) is 0.689. The lowest BCUT2D eigenvalue weighted by Crippen LogP contribution is -2.11. The zero-order chi connectivity index (χ0) is 17.4. The number of hydrogen-bond acceptors (Lipinski definition) is 4. The molecule has 7 heteroatoms. The third kappa shape index (κ3) is 2.94. The smallest absolute Gasteiger partial charge is 0.269 e. The van der Waals surface area contributed by atoms with Gasteiger partial charge < -0.3 is 10.4 Å². The van der Waals surface area contributed by atoms with Crippen LogP contribution in [0, 0.1) is 11.6 Å². The summed E-state index contributed by atoms with van der Waals surface area (Å²) in [5, 5.41) is 13.0. The molecule has 0 atom stereocenters. The maximum Gasteiger partial charge on any atom is 0.269 e. The standard InChI is InChI=1S/C17H14F2N2O2S/c1-8(2)12-6-4-10-14(22)15(24-17(10)21-12)16(23)20-13-5-3-9(18)7-11(13)19/h3-8,22H,1-2H3,(H,20,23). The predicted octanol–water partition coefficient (Wildman–Crippen LogP) is 4.66. The third-order valence-electron chi connectivity index (χ3n) is 3.53. The van der Waals surface area contributed by atoms with Gasteiger partial charge in [-0.25, -0.2) is 13.8 Å². The molecule has 0 saturated carbocycles. The molecule has 2 N–H and O–H groups in total. The fourth-order valence-corrected chi connectivity index (χ4v) is 3.19. The molecule has 1 amide bonds. The van der Waals surface area contributed by atoms with Gasteiger partial charge in [-0.15, -0.1) is 11.3 Å². The molecule has 0 saturated heterocycles. The first-order chi connectivity index (χ1) is 11.4. The van der Waals surface area contributed by atoms with Gasteiger partial charge in [-0.2, -0.15) is 0 Å². The summed E-state index contributed by atoms with van der Waals surface area (Å²) in [6.45, 7) is 3.99. The number of amides is 1. The molecule has 2 heterocycles. The van der Waals surface area contributed by atoms with Crippen molar-refractivity contribution in [3.8, 4) is 5.75 Å². The third-order valence-corrected chi connectivity index (χ3v) is 4.62. The Balaban J connectivity index is 1.96. The first-order valence-corrected chi connectivity index (χ1v) is 8.07. The summed E-state index contributed by atoms with van der Waals surface area (Å²) in [7, 11) is 0. The first-order valence-electron chi connectivity index (χ1n) is 7.25. The van der Waals surface area contributed by atoms with E-state index < -0.39 is 17.5 Å². The minimum absolute atomic E-state index is 0.0298. The Morgan fingerprint density at radius 1 is 1.25 bits per heavy atom. The predicted molar refractivity (Wildman–Crippen MR) is 89.7 cm³/mol. The molecule has 3 aromatic rings. The van der Waals surface area contributed by atoms with Gasteiger partial charge in [0.2, 0.25) is 0 Å². The number of rotatable bonds is 3. The zero-order valence-corrected chi connectivity index (χ0v) is 13.7. The molecule has 0 aliphatic heterocycles. The fraction of sp³-hybridized carbons (Fsp3) is 0.176. The maximum absolute atomic E-state index is 13.6. The van der Waals surface area contributed by atoms with Crippen molar-refractivity contribution in [2.75, 3.05) is 5.32 Å². The highest BCUT2D eigenvalue weighted by atomic mass is 32.1. The second-order valence-corrected chi connectivity index (χ2v) is 6.60. The van der Waals surface area contributed by atoms with Crippen LogP contribution < -0.4 is 5.32 Å². The van der Waals surface area contributed by atoms with Crippen LogP contribution in [0.25, 0.3) is 10.2 Å². The minimum atomic E-state index is -0.885. The molecule has 0 spiro atoms. The lowest BCUT2D eigenvalue weighted by Gasteiger charge is -2.05. The van der Waals surface area contributed by atoms with Crippen molar-refractivity contribution in [1.82, 2.24) is 4.98 Å². The van der Waals surface area contributed by atoms with Crippen molar-refractivity contribution in [3.63, 3.8) is 0 Å². The molecular formula is C17H14F2N2O2S. The van der Waals surface area contributed by atoms with Gasteiger partial charge in [0.15, 0.2) is 0 Å². The molecule has 2 aromatic heterocycles. The molecule has 24 heavy (non-hydrogen) atoms. The van der Waals surface area contributed by atoms with Gasteiger partial charge in [-0.1, -0.05) is 13.8 Å². The van der Waals surface area contributed by atoms with Crippen LogP contribution >= 0.6 is 11.3 Å². The molecule has 0 aliphatic carbocycles. The Hall–Kier alpha value is -2.54. The van der Waals surface area contributed by atoms with E-state index in [0.717, 1.165) is 29.2 Å². The number of aromatic hydroxyl groups is 1. The van der Waals surface area contributed by atoms with Crippen molar-refractivity contribution < 1.29 is 18.7 Å². The molecule has 0 radical (unpaired) electrons. The van der Waals surface area contributed by atoms with Gasteiger partial charge in [-0.3, -0.25) is 4.79 Å². The van der Waals surface area contributed by atoms with Crippen molar-refractivity contribution in [3.05, 3.63) is 52.5 Å². The van der Waals surface area contributed by atoms with E-state index in [4.69, 9.17) is 0 Å². The van der Waals surface area contributed by atoms with Crippen LogP contribution in [0.3, 0.4) is 0 Å². The van der Waals surface area contributed by atoms with Crippen molar-refractivity contribution in [2.45, 2.75) is 19.8 Å². The topological polar surface area (TPSA) is 62.2 Å². The number of hydrogen-bond donors (Lipinski definition) is 2. The van der Waals surface area contributed by atoms with Gasteiger partial charge >= 0.3 is 0 Å². The number of benzene rings is 1. The van der Waals surface area contributed by atoms with E-state index in [-0.39, 0.29) is 22.2 Å². The number of thiophene rings is 1. The Labute approximate surface area is 140 Å². The quantitative estimate of drug-likeness (QED) is 0.724. The Kier molecular flexibility index (Phi) is 4.19. The molecule has 0 unspecified atom stereocenters. The van der Waals surface area contributed by atoms with Crippen molar-refractivity contribution >= 4 is 33.1 Å². The summed E-state index contributed by atoms with van der Waals surface area (Å²) in [4.78, 5) is 17.3. The highest BCUT2D eigenvalue weighted by molar-refractivity contribution is 7.21. The highest BCUT2D eigenvalue weighted by Crippen LogP contribution is 2.37. The Morgan fingerprint density at radius 3 is 2.67 bits per heavy atom. The van der Waals surface area contributed by atoms with E-state index in [2.05, 4.69) is 10.3 Å². The van der Waals surface area contributed by atoms with Crippen LogP contribution in [0.15, 0.2) is 30.3 Å². The number of fused-ring (bicyclic) bond motifs is 1. The average molecular weight is 348 g/mol. The van der Waals surface area contributed by atoms with Crippen LogP contribution in [0.1, 0.15) is 35.1 Å². The summed E-state index contributed by atoms with van der Waals surface area (Å²) < 4.78 is 26.6. The molecular weight excluding hydrogens is 334 g/mol. The van der Waals surface area contributed by atoms with Gasteiger partial charge in [-0.05, 0) is 30.2 Å². The molecule has 1 aromatic carbocycles. The number of aromatic nitrogens is 1. The monoisotopic (exact) mass is 348 g/mol. The summed E-state index contributed by atoms with van der Waals surface area (Å²) in [6.07, 6.45) is 0. The van der Waals surface area contributed by atoms with Gasteiger partial charge in [0.05, 0.1) is 11.1 Å². The SMILES string of the molecule is CC(C)c1ccc2c(O)c(C(=O)Nc3ccc(F)cc3F)sc2n1. The van der Waals surface area contributed by atoms with E-state index in [1.54, 1.807) is 12.1 Å². The van der Waals surface area contributed by atoms with Crippen LogP contribution in [0.5, 0.6) is 5.75 Å². The summed E-state index contributed by atoms with van der Waals surface area (Å²) in [5.74, 6) is -2.28. The average Bonchev–Trinajstić information content (AvgIpc) is 2.86. The van der Waals surface area contributed by atoms with Crippen LogP contribution in [0.2, 0.25) is 0 Å². The number of nitrogens with one attached hydrogen (secondary N) is 1. The lowest BCUT2D eigenvalue weighted by atomic mass is 10.1. The summed E-state index contributed by atoms with van der Waals surface area (Å²) in [6, 6.07) is 6.35. The zero-order valence-electron chi connectivity index (χ0n) is 12.9. The highest BCUT2D eigenvalue weighted by Gasteiger charge is 2.20. The Morgan fingerprint density at radius 2 is 2.00 bits per heavy atom. The van der Waals surface area contributed by atoms with E-state index in [1.165, 1.54) is 0 Å². The van der Waals surface area contributed by atoms with E-state index in [1.807, 2.05) is 13.8 Å². The first kappa shape index (κ1) is 16.3. The largest absolute Gasteiger partial charge is 0.506 e. The number of halogens is 2. The number of nitrogens with zero attached hydrogens (tertiary/aromatic N) is 1. The fourth-order valence-electron chi connectivity index (χ4n) is 2.23. The second-order valence-electron chi connectivity index (χ2n) is 5.60. The van der Waals surface area contributed by atoms with Crippen LogP contribution in [-0.4, -0.2) is 16.0 Å². The van der Waals surface area contributed by atoms with Gasteiger partial charge in [0.1, 0.15) is 27.1 Å². The number of pyridine rings is 1. The van der Waals surface area contributed by atoms with Gasteiger partial charge in [0.25, 0.3) is 5.91 Å². The molecule has 3 rings (SSSR count). The molecule has 124 valence electrons.